The molecule has 0 aliphatic carbocycles. The predicted molar refractivity (Wildman–Crippen MR) is 66.9 cm³/mol. The van der Waals surface area contributed by atoms with Crippen molar-refractivity contribution in [3.05, 3.63) is 29.6 Å². The maximum absolute atomic E-state index is 12.2. The van der Waals surface area contributed by atoms with Crippen molar-refractivity contribution in [1.29, 1.82) is 0 Å². The molecule has 1 N–H and O–H groups in total. The van der Waals surface area contributed by atoms with Crippen LogP contribution in [0, 0.1) is 6.92 Å². The molecular formula is C13H20N2O2. The standard InChI is InChI=1S/C13H20N2O2/c1-3-4-7-15(8-9-16)13(17)12-5-6-14-11(2)10-12/h5-6,10,16H,3-4,7-9H2,1-2H3. The highest BCUT2D eigenvalue weighted by Crippen LogP contribution is 2.07. The molecule has 17 heavy (non-hydrogen) atoms. The number of carbonyl (C=O) groups is 1. The first kappa shape index (κ1) is 13.6. The molecule has 4 heteroatoms. The molecule has 1 aromatic rings. The van der Waals surface area contributed by atoms with Crippen molar-refractivity contribution in [2.45, 2.75) is 26.7 Å². The molecule has 0 aromatic carbocycles. The number of aliphatic hydroxyl groups excluding tert-OH is 1. The molecule has 0 bridgehead atoms. The molecular weight excluding hydrogens is 216 g/mol. The van der Waals surface area contributed by atoms with E-state index in [1.165, 1.54) is 0 Å². The topological polar surface area (TPSA) is 53.4 Å². The molecule has 0 saturated heterocycles. The molecule has 1 heterocycles. The second-order valence-electron chi connectivity index (χ2n) is 4.06. The Morgan fingerprint density at radius 2 is 2.24 bits per heavy atom. The summed E-state index contributed by atoms with van der Waals surface area (Å²) in [4.78, 5) is 17.9. The van der Waals surface area contributed by atoms with E-state index in [2.05, 4.69) is 11.9 Å². The molecule has 1 amide bonds. The fourth-order valence-electron chi connectivity index (χ4n) is 1.65. The molecule has 0 saturated carbocycles. The number of rotatable bonds is 6. The van der Waals surface area contributed by atoms with Gasteiger partial charge in [0, 0.05) is 30.5 Å². The average molecular weight is 236 g/mol. The largest absolute Gasteiger partial charge is 0.395 e. The Balaban J connectivity index is 2.76. The number of hydrogen-bond acceptors (Lipinski definition) is 3. The summed E-state index contributed by atoms with van der Waals surface area (Å²) >= 11 is 0. The van der Waals surface area contributed by atoms with Gasteiger partial charge in [0.25, 0.3) is 5.91 Å². The normalized spacial score (nSPS) is 10.3. The summed E-state index contributed by atoms with van der Waals surface area (Å²) in [7, 11) is 0. The number of aryl methyl sites for hydroxylation is 1. The van der Waals surface area contributed by atoms with Gasteiger partial charge in [0.1, 0.15) is 0 Å². The zero-order chi connectivity index (χ0) is 12.7. The summed E-state index contributed by atoms with van der Waals surface area (Å²) in [5.41, 5.74) is 1.47. The molecule has 0 spiro atoms. The van der Waals surface area contributed by atoms with Crippen molar-refractivity contribution in [3.63, 3.8) is 0 Å². The van der Waals surface area contributed by atoms with E-state index < -0.39 is 0 Å². The SMILES string of the molecule is CCCCN(CCO)C(=O)c1ccnc(C)c1. The average Bonchev–Trinajstić information content (AvgIpc) is 2.33. The molecule has 0 fully saturated rings. The molecule has 0 atom stereocenters. The summed E-state index contributed by atoms with van der Waals surface area (Å²) in [5, 5.41) is 8.98. The lowest BCUT2D eigenvalue weighted by atomic mass is 10.2. The summed E-state index contributed by atoms with van der Waals surface area (Å²) in [6.07, 6.45) is 3.62. The first-order valence-corrected chi connectivity index (χ1v) is 6.01. The molecule has 1 aromatic heterocycles. The van der Waals surface area contributed by atoms with Gasteiger partial charge < -0.3 is 10.0 Å². The zero-order valence-electron chi connectivity index (χ0n) is 10.5. The van der Waals surface area contributed by atoms with Crippen LogP contribution in [-0.4, -0.2) is 40.6 Å². The van der Waals surface area contributed by atoms with Crippen molar-refractivity contribution in [3.8, 4) is 0 Å². The number of carbonyl (C=O) groups excluding carboxylic acids is 1. The molecule has 0 unspecified atom stereocenters. The Labute approximate surface area is 102 Å². The van der Waals surface area contributed by atoms with Crippen molar-refractivity contribution in [1.82, 2.24) is 9.88 Å². The summed E-state index contributed by atoms with van der Waals surface area (Å²) in [6.45, 7) is 5.02. The number of aromatic nitrogens is 1. The van der Waals surface area contributed by atoms with Gasteiger partial charge in [-0.2, -0.15) is 0 Å². The molecule has 4 nitrogen and oxygen atoms in total. The maximum Gasteiger partial charge on any atom is 0.254 e. The lowest BCUT2D eigenvalue weighted by molar-refractivity contribution is 0.0719. The third-order valence-corrected chi connectivity index (χ3v) is 2.58. The predicted octanol–water partition coefficient (Wildman–Crippen LogP) is 1.62. The van der Waals surface area contributed by atoms with Crippen LogP contribution in [0.2, 0.25) is 0 Å². The summed E-state index contributed by atoms with van der Waals surface area (Å²) in [5.74, 6) is -0.0296. The summed E-state index contributed by atoms with van der Waals surface area (Å²) < 4.78 is 0. The van der Waals surface area contributed by atoms with Crippen LogP contribution in [0.3, 0.4) is 0 Å². The van der Waals surface area contributed by atoms with Gasteiger partial charge in [-0.25, -0.2) is 0 Å². The molecule has 1 rings (SSSR count). The van der Waals surface area contributed by atoms with Gasteiger partial charge >= 0.3 is 0 Å². The first-order valence-electron chi connectivity index (χ1n) is 6.01. The lowest BCUT2D eigenvalue weighted by Gasteiger charge is -2.21. The van der Waals surface area contributed by atoms with Crippen LogP contribution < -0.4 is 0 Å². The van der Waals surface area contributed by atoms with Crippen molar-refractivity contribution < 1.29 is 9.90 Å². The molecule has 0 aliphatic rings. The zero-order valence-corrected chi connectivity index (χ0v) is 10.5. The van der Waals surface area contributed by atoms with Crippen LogP contribution in [-0.2, 0) is 0 Å². The lowest BCUT2D eigenvalue weighted by Crippen LogP contribution is -2.34. The van der Waals surface area contributed by atoms with Crippen LogP contribution in [0.1, 0.15) is 35.8 Å². The van der Waals surface area contributed by atoms with E-state index in [1.807, 2.05) is 6.92 Å². The van der Waals surface area contributed by atoms with Crippen LogP contribution >= 0.6 is 0 Å². The van der Waals surface area contributed by atoms with Gasteiger partial charge in [0.05, 0.1) is 6.61 Å². The minimum absolute atomic E-state index is 0.000476. The maximum atomic E-state index is 12.2. The Morgan fingerprint density at radius 1 is 1.47 bits per heavy atom. The van der Waals surface area contributed by atoms with E-state index in [0.29, 0.717) is 18.7 Å². The number of amides is 1. The number of nitrogens with zero attached hydrogens (tertiary/aromatic N) is 2. The van der Waals surface area contributed by atoms with Gasteiger partial charge in [-0.1, -0.05) is 13.3 Å². The molecule has 94 valence electrons. The van der Waals surface area contributed by atoms with E-state index in [4.69, 9.17) is 5.11 Å². The van der Waals surface area contributed by atoms with E-state index in [9.17, 15) is 4.79 Å². The van der Waals surface area contributed by atoms with Gasteiger partial charge in [0.15, 0.2) is 0 Å². The molecule has 0 radical (unpaired) electrons. The smallest absolute Gasteiger partial charge is 0.254 e. The van der Waals surface area contributed by atoms with Crippen molar-refractivity contribution >= 4 is 5.91 Å². The number of hydrogen-bond donors (Lipinski definition) is 1. The van der Waals surface area contributed by atoms with Crippen LogP contribution in [0.15, 0.2) is 18.3 Å². The molecule has 0 aliphatic heterocycles. The van der Waals surface area contributed by atoms with Crippen LogP contribution in [0.4, 0.5) is 0 Å². The van der Waals surface area contributed by atoms with E-state index in [1.54, 1.807) is 23.2 Å². The second-order valence-corrected chi connectivity index (χ2v) is 4.06. The fraction of sp³-hybridized carbons (Fsp3) is 0.538. The summed E-state index contributed by atoms with van der Waals surface area (Å²) in [6, 6.07) is 3.49. The third kappa shape index (κ3) is 4.15. The minimum atomic E-state index is -0.0296. The van der Waals surface area contributed by atoms with Gasteiger partial charge in [0.2, 0.25) is 0 Å². The van der Waals surface area contributed by atoms with E-state index >= 15 is 0 Å². The van der Waals surface area contributed by atoms with Gasteiger partial charge in [-0.15, -0.1) is 0 Å². The van der Waals surface area contributed by atoms with Crippen molar-refractivity contribution in [2.75, 3.05) is 19.7 Å². The first-order chi connectivity index (χ1) is 8.19. The second kappa shape index (κ2) is 7.01. The minimum Gasteiger partial charge on any atom is -0.395 e. The highest BCUT2D eigenvalue weighted by Gasteiger charge is 2.14. The van der Waals surface area contributed by atoms with Crippen LogP contribution in [0.5, 0.6) is 0 Å². The Hall–Kier alpha value is -1.42. The quantitative estimate of drug-likeness (QED) is 0.816. The highest BCUT2D eigenvalue weighted by molar-refractivity contribution is 5.94. The van der Waals surface area contributed by atoms with E-state index in [-0.39, 0.29) is 12.5 Å². The van der Waals surface area contributed by atoms with Crippen molar-refractivity contribution in [2.24, 2.45) is 0 Å². The Bertz CT molecular complexity index is 366. The Morgan fingerprint density at radius 3 is 2.82 bits per heavy atom. The number of pyridine rings is 1. The van der Waals surface area contributed by atoms with Gasteiger partial charge in [-0.05, 0) is 25.5 Å². The highest BCUT2D eigenvalue weighted by atomic mass is 16.3. The third-order valence-electron chi connectivity index (χ3n) is 2.58. The van der Waals surface area contributed by atoms with Crippen LogP contribution in [0.25, 0.3) is 0 Å². The monoisotopic (exact) mass is 236 g/mol. The number of unbranched alkanes of at least 4 members (excludes halogenated alkanes) is 1. The van der Waals surface area contributed by atoms with E-state index in [0.717, 1.165) is 18.5 Å². The number of aliphatic hydroxyl groups is 1. The fourth-order valence-corrected chi connectivity index (χ4v) is 1.65. The Kier molecular flexibility index (Phi) is 5.63. The van der Waals surface area contributed by atoms with Gasteiger partial charge in [-0.3, -0.25) is 9.78 Å².